The lowest BCUT2D eigenvalue weighted by Gasteiger charge is -2.34. The second-order valence-corrected chi connectivity index (χ2v) is 3.69. The van der Waals surface area contributed by atoms with Gasteiger partial charge in [-0.3, -0.25) is 0 Å². The number of ether oxygens (including phenoxy) is 1. The first-order chi connectivity index (χ1) is 6.64. The van der Waals surface area contributed by atoms with Crippen LogP contribution >= 0.6 is 0 Å². The number of benzene rings is 1. The van der Waals surface area contributed by atoms with Crippen molar-refractivity contribution < 1.29 is 9.13 Å². The fraction of sp³-hybridized carbons (Fsp3) is 0.455. The van der Waals surface area contributed by atoms with E-state index in [0.717, 1.165) is 12.0 Å². The molecule has 3 heteroatoms. The standard InChI is InChI=1S/C11H14FNO/c1-8(13)11(12)10-5-3-2-4-9(10)6-7-14-11/h2-5,8H,6-7,13H2,1H3/t8-,11+/m0/s1. The van der Waals surface area contributed by atoms with Crippen LogP contribution in [0.3, 0.4) is 0 Å². The van der Waals surface area contributed by atoms with Gasteiger partial charge in [0.15, 0.2) is 0 Å². The minimum atomic E-state index is -1.81. The molecule has 0 aliphatic carbocycles. The summed E-state index contributed by atoms with van der Waals surface area (Å²) in [5.74, 6) is -1.81. The Labute approximate surface area is 82.9 Å². The van der Waals surface area contributed by atoms with Crippen LogP contribution in [0.5, 0.6) is 0 Å². The molecule has 0 spiro atoms. The Balaban J connectivity index is 2.50. The topological polar surface area (TPSA) is 35.2 Å². The van der Waals surface area contributed by atoms with Crippen molar-refractivity contribution in [2.24, 2.45) is 5.73 Å². The van der Waals surface area contributed by atoms with E-state index in [1.807, 2.05) is 18.2 Å². The van der Waals surface area contributed by atoms with E-state index in [1.54, 1.807) is 13.0 Å². The van der Waals surface area contributed by atoms with Crippen LogP contribution in [0.15, 0.2) is 24.3 Å². The van der Waals surface area contributed by atoms with Crippen molar-refractivity contribution in [2.75, 3.05) is 6.61 Å². The van der Waals surface area contributed by atoms with Gasteiger partial charge in [-0.05, 0) is 18.9 Å². The molecule has 0 radical (unpaired) electrons. The molecule has 1 aromatic rings. The van der Waals surface area contributed by atoms with E-state index in [9.17, 15) is 4.39 Å². The number of nitrogens with two attached hydrogens (primary N) is 1. The van der Waals surface area contributed by atoms with Gasteiger partial charge in [0, 0.05) is 5.56 Å². The second kappa shape index (κ2) is 3.33. The normalized spacial score (nSPS) is 28.2. The Morgan fingerprint density at radius 3 is 2.93 bits per heavy atom. The van der Waals surface area contributed by atoms with Gasteiger partial charge >= 0.3 is 0 Å². The number of alkyl halides is 1. The molecule has 1 aliphatic rings. The van der Waals surface area contributed by atoms with E-state index in [0.29, 0.717) is 12.2 Å². The highest BCUT2D eigenvalue weighted by Gasteiger charge is 2.41. The van der Waals surface area contributed by atoms with E-state index >= 15 is 0 Å². The third kappa shape index (κ3) is 1.33. The molecule has 0 unspecified atom stereocenters. The highest BCUT2D eigenvalue weighted by atomic mass is 19.2. The Kier molecular flexibility index (Phi) is 2.29. The quantitative estimate of drug-likeness (QED) is 0.740. The zero-order valence-electron chi connectivity index (χ0n) is 8.16. The summed E-state index contributed by atoms with van der Waals surface area (Å²) in [5.41, 5.74) is 7.20. The molecule has 1 aliphatic heterocycles. The molecule has 0 fully saturated rings. The monoisotopic (exact) mass is 195 g/mol. The molecule has 0 amide bonds. The van der Waals surface area contributed by atoms with E-state index in [4.69, 9.17) is 10.5 Å². The van der Waals surface area contributed by atoms with Gasteiger partial charge in [0.25, 0.3) is 5.85 Å². The first-order valence-corrected chi connectivity index (χ1v) is 4.81. The van der Waals surface area contributed by atoms with Gasteiger partial charge in [0.2, 0.25) is 0 Å². The van der Waals surface area contributed by atoms with Crippen LogP contribution in [0.1, 0.15) is 18.1 Å². The lowest BCUT2D eigenvalue weighted by atomic mass is 9.92. The van der Waals surface area contributed by atoms with Crippen molar-refractivity contribution >= 4 is 0 Å². The zero-order valence-corrected chi connectivity index (χ0v) is 8.16. The second-order valence-electron chi connectivity index (χ2n) is 3.69. The van der Waals surface area contributed by atoms with Gasteiger partial charge < -0.3 is 10.5 Å². The van der Waals surface area contributed by atoms with Crippen LogP contribution in [-0.4, -0.2) is 12.6 Å². The van der Waals surface area contributed by atoms with Crippen LogP contribution in [0.25, 0.3) is 0 Å². The van der Waals surface area contributed by atoms with Crippen molar-refractivity contribution in [1.82, 2.24) is 0 Å². The highest BCUT2D eigenvalue weighted by Crippen LogP contribution is 2.36. The van der Waals surface area contributed by atoms with E-state index in [2.05, 4.69) is 0 Å². The fourth-order valence-corrected chi connectivity index (χ4v) is 1.83. The molecule has 14 heavy (non-hydrogen) atoms. The molecular weight excluding hydrogens is 181 g/mol. The Bertz CT molecular complexity index is 340. The lowest BCUT2D eigenvalue weighted by molar-refractivity contribution is -0.173. The van der Waals surface area contributed by atoms with Gasteiger partial charge in [-0.2, -0.15) is 0 Å². The summed E-state index contributed by atoms with van der Waals surface area (Å²) in [5, 5.41) is 0. The Hall–Kier alpha value is -0.930. The van der Waals surface area contributed by atoms with Gasteiger partial charge in [-0.25, -0.2) is 4.39 Å². The third-order valence-corrected chi connectivity index (χ3v) is 2.65. The van der Waals surface area contributed by atoms with Crippen molar-refractivity contribution in [3.8, 4) is 0 Å². The first-order valence-electron chi connectivity index (χ1n) is 4.81. The summed E-state index contributed by atoms with van der Waals surface area (Å²) in [6.07, 6.45) is 0.758. The van der Waals surface area contributed by atoms with E-state index < -0.39 is 11.9 Å². The number of rotatable bonds is 1. The van der Waals surface area contributed by atoms with Crippen LogP contribution in [0.2, 0.25) is 0 Å². The third-order valence-electron chi connectivity index (χ3n) is 2.65. The van der Waals surface area contributed by atoms with Crippen LogP contribution in [-0.2, 0) is 17.0 Å². The summed E-state index contributed by atoms with van der Waals surface area (Å²) in [6.45, 7) is 2.02. The van der Waals surface area contributed by atoms with Crippen LogP contribution in [0, 0.1) is 0 Å². The molecule has 2 atom stereocenters. The van der Waals surface area contributed by atoms with Crippen LogP contribution in [0.4, 0.5) is 4.39 Å². The maximum atomic E-state index is 14.3. The predicted octanol–water partition coefficient (Wildman–Crippen LogP) is 1.73. The molecule has 2 N–H and O–H groups in total. The van der Waals surface area contributed by atoms with Crippen molar-refractivity contribution in [3.63, 3.8) is 0 Å². The highest BCUT2D eigenvalue weighted by molar-refractivity contribution is 5.33. The van der Waals surface area contributed by atoms with Gasteiger partial charge in [-0.15, -0.1) is 0 Å². The number of hydrogen-bond donors (Lipinski definition) is 1. The molecule has 1 heterocycles. The fourth-order valence-electron chi connectivity index (χ4n) is 1.83. The maximum absolute atomic E-state index is 14.3. The molecule has 0 saturated carbocycles. The molecule has 1 aromatic carbocycles. The van der Waals surface area contributed by atoms with Gasteiger partial charge in [0.1, 0.15) is 0 Å². The average molecular weight is 195 g/mol. The largest absolute Gasteiger partial charge is 0.341 e. The SMILES string of the molecule is C[C@H](N)[C@@]1(F)OCCc2ccccc21. The lowest BCUT2D eigenvalue weighted by Crippen LogP contribution is -2.45. The first kappa shape index (κ1) is 9.62. The number of halogens is 1. The average Bonchev–Trinajstić information content (AvgIpc) is 2.18. The van der Waals surface area contributed by atoms with Crippen molar-refractivity contribution in [1.29, 1.82) is 0 Å². The molecule has 2 nitrogen and oxygen atoms in total. The summed E-state index contributed by atoms with van der Waals surface area (Å²) >= 11 is 0. The summed E-state index contributed by atoms with van der Waals surface area (Å²) in [4.78, 5) is 0. The van der Waals surface area contributed by atoms with Crippen molar-refractivity contribution in [3.05, 3.63) is 35.4 Å². The minimum absolute atomic E-state index is 0.398. The minimum Gasteiger partial charge on any atom is -0.341 e. The van der Waals surface area contributed by atoms with E-state index in [1.165, 1.54) is 0 Å². The molecule has 0 saturated heterocycles. The molecular formula is C11H14FNO. The summed E-state index contributed by atoms with van der Waals surface area (Å²) in [7, 11) is 0. The summed E-state index contributed by atoms with van der Waals surface area (Å²) in [6, 6.07) is 6.74. The van der Waals surface area contributed by atoms with Gasteiger partial charge in [0.05, 0.1) is 12.6 Å². The number of fused-ring (bicyclic) bond motifs is 1. The van der Waals surface area contributed by atoms with E-state index in [-0.39, 0.29) is 0 Å². The van der Waals surface area contributed by atoms with Crippen molar-refractivity contribution in [2.45, 2.75) is 25.2 Å². The number of hydrogen-bond acceptors (Lipinski definition) is 2. The predicted molar refractivity (Wildman–Crippen MR) is 52.5 cm³/mol. The molecule has 0 aromatic heterocycles. The molecule has 2 rings (SSSR count). The smallest absolute Gasteiger partial charge is 0.250 e. The molecule has 0 bridgehead atoms. The van der Waals surface area contributed by atoms with Gasteiger partial charge in [-0.1, -0.05) is 24.3 Å². The maximum Gasteiger partial charge on any atom is 0.250 e. The summed E-state index contributed by atoms with van der Waals surface area (Å²) < 4.78 is 19.5. The zero-order chi connectivity index (χ0) is 10.2. The Morgan fingerprint density at radius 1 is 1.50 bits per heavy atom. The molecule has 76 valence electrons. The van der Waals surface area contributed by atoms with Crippen LogP contribution < -0.4 is 5.73 Å². The Morgan fingerprint density at radius 2 is 2.21 bits per heavy atom.